The molecule has 5 heteroatoms. The first-order valence-corrected chi connectivity index (χ1v) is 6.86. The van der Waals surface area contributed by atoms with Crippen LogP contribution in [0.5, 0.6) is 5.75 Å². The number of hydrogen-bond acceptors (Lipinski definition) is 4. The molecule has 1 aromatic carbocycles. The topological polar surface area (TPSA) is 64.3 Å². The molecule has 4 nitrogen and oxygen atoms in total. The molecule has 0 aliphatic carbocycles. The lowest BCUT2D eigenvalue weighted by atomic mass is 10.1. The lowest BCUT2D eigenvalue weighted by molar-refractivity contribution is 0.0935. The summed E-state index contributed by atoms with van der Waals surface area (Å²) < 4.78 is 6.08. The number of nitrogens with two attached hydrogens (primary N) is 1. The molecular formula is C15H16N2O2S. The standard InChI is InChI=1S/C15H16N2O2S/c1-5-15(2,3)17-14(18)13-12(16)10-7-6-9(19-4)8-11(10)20-13/h1,6-8H,16H2,2-4H3,(H,17,18). The Morgan fingerprint density at radius 3 is 2.80 bits per heavy atom. The van der Waals surface area contributed by atoms with Gasteiger partial charge in [0.25, 0.3) is 5.91 Å². The van der Waals surface area contributed by atoms with Crippen molar-refractivity contribution in [2.24, 2.45) is 0 Å². The normalized spacial score (nSPS) is 11.1. The molecule has 104 valence electrons. The first kappa shape index (κ1) is 14.2. The summed E-state index contributed by atoms with van der Waals surface area (Å²) in [5, 5.41) is 3.62. The smallest absolute Gasteiger partial charge is 0.264 e. The molecule has 3 N–H and O–H groups in total. The van der Waals surface area contributed by atoms with Gasteiger partial charge in [-0.1, -0.05) is 5.92 Å². The number of benzene rings is 1. The second kappa shape index (κ2) is 5.06. The highest BCUT2D eigenvalue weighted by Gasteiger charge is 2.22. The van der Waals surface area contributed by atoms with E-state index in [1.165, 1.54) is 11.3 Å². The Balaban J connectivity index is 2.43. The maximum atomic E-state index is 12.3. The number of fused-ring (bicyclic) bond motifs is 1. The van der Waals surface area contributed by atoms with E-state index in [1.807, 2.05) is 18.2 Å². The molecule has 1 amide bonds. The van der Waals surface area contributed by atoms with Crippen LogP contribution in [0.25, 0.3) is 10.1 Å². The van der Waals surface area contributed by atoms with E-state index >= 15 is 0 Å². The number of methoxy groups -OCH3 is 1. The van der Waals surface area contributed by atoms with Crippen LogP contribution in [0.3, 0.4) is 0 Å². The van der Waals surface area contributed by atoms with Crippen LogP contribution in [0.2, 0.25) is 0 Å². The summed E-state index contributed by atoms with van der Waals surface area (Å²) >= 11 is 1.33. The highest BCUT2D eigenvalue weighted by molar-refractivity contribution is 7.21. The molecular weight excluding hydrogens is 272 g/mol. The number of rotatable bonds is 3. The van der Waals surface area contributed by atoms with Gasteiger partial charge in [0.2, 0.25) is 0 Å². The SMILES string of the molecule is C#CC(C)(C)NC(=O)c1sc2cc(OC)ccc2c1N. The summed E-state index contributed by atoms with van der Waals surface area (Å²) in [4.78, 5) is 12.7. The van der Waals surface area contributed by atoms with Crippen molar-refractivity contribution in [2.45, 2.75) is 19.4 Å². The van der Waals surface area contributed by atoms with Crippen molar-refractivity contribution in [2.75, 3.05) is 12.8 Å². The zero-order valence-electron chi connectivity index (χ0n) is 11.6. The van der Waals surface area contributed by atoms with Gasteiger partial charge in [0.15, 0.2) is 0 Å². The van der Waals surface area contributed by atoms with Gasteiger partial charge in [-0.15, -0.1) is 17.8 Å². The maximum Gasteiger partial charge on any atom is 0.264 e. The zero-order valence-corrected chi connectivity index (χ0v) is 12.4. The van der Waals surface area contributed by atoms with Gasteiger partial charge in [-0.3, -0.25) is 4.79 Å². The molecule has 0 bridgehead atoms. The third-order valence-electron chi connectivity index (χ3n) is 2.93. The number of anilines is 1. The van der Waals surface area contributed by atoms with Crippen LogP contribution in [0.4, 0.5) is 5.69 Å². The predicted molar refractivity (Wildman–Crippen MR) is 83.2 cm³/mol. The van der Waals surface area contributed by atoms with E-state index in [1.54, 1.807) is 21.0 Å². The first-order valence-electron chi connectivity index (χ1n) is 6.04. The van der Waals surface area contributed by atoms with Crippen LogP contribution in [0, 0.1) is 12.3 Å². The van der Waals surface area contributed by atoms with E-state index in [9.17, 15) is 4.79 Å². The van der Waals surface area contributed by atoms with Crippen molar-refractivity contribution in [3.8, 4) is 18.1 Å². The molecule has 1 aromatic heterocycles. The molecule has 0 saturated carbocycles. The molecule has 0 aliphatic heterocycles. The highest BCUT2D eigenvalue weighted by Crippen LogP contribution is 2.35. The Kier molecular flexibility index (Phi) is 3.60. The van der Waals surface area contributed by atoms with Crippen molar-refractivity contribution in [1.29, 1.82) is 0 Å². The molecule has 0 spiro atoms. The van der Waals surface area contributed by atoms with E-state index in [2.05, 4.69) is 11.2 Å². The summed E-state index contributed by atoms with van der Waals surface area (Å²) in [5.74, 6) is 3.00. The number of ether oxygens (including phenoxy) is 1. The van der Waals surface area contributed by atoms with Crippen LogP contribution in [0.1, 0.15) is 23.5 Å². The summed E-state index contributed by atoms with van der Waals surface area (Å²) in [7, 11) is 1.60. The van der Waals surface area contributed by atoms with Crippen molar-refractivity contribution < 1.29 is 9.53 Å². The molecule has 0 unspecified atom stereocenters. The van der Waals surface area contributed by atoms with Crippen molar-refractivity contribution in [3.63, 3.8) is 0 Å². The number of thiophene rings is 1. The Bertz CT molecular complexity index is 710. The van der Waals surface area contributed by atoms with Crippen LogP contribution in [-0.2, 0) is 0 Å². The molecule has 0 saturated heterocycles. The number of amides is 1. The molecule has 1 heterocycles. The number of terminal acetylenes is 1. The van der Waals surface area contributed by atoms with Gasteiger partial charge < -0.3 is 15.8 Å². The maximum absolute atomic E-state index is 12.3. The van der Waals surface area contributed by atoms with Crippen LogP contribution in [-0.4, -0.2) is 18.6 Å². The number of nitrogens with one attached hydrogen (secondary N) is 1. The van der Waals surface area contributed by atoms with E-state index in [0.717, 1.165) is 15.8 Å². The second-order valence-corrected chi connectivity index (χ2v) is 5.98. The number of carbonyl (C=O) groups excluding carboxylic acids is 1. The van der Waals surface area contributed by atoms with Crippen molar-refractivity contribution >= 4 is 33.0 Å². The Hall–Kier alpha value is -2.19. The minimum atomic E-state index is -0.711. The molecule has 2 rings (SSSR count). The van der Waals surface area contributed by atoms with E-state index in [4.69, 9.17) is 16.9 Å². The number of hydrogen-bond donors (Lipinski definition) is 2. The van der Waals surface area contributed by atoms with E-state index in [-0.39, 0.29) is 5.91 Å². The Labute approximate surface area is 121 Å². The molecule has 2 aromatic rings. The molecule has 0 fully saturated rings. The summed E-state index contributed by atoms with van der Waals surface area (Å²) in [6, 6.07) is 5.53. The third-order valence-corrected chi connectivity index (χ3v) is 4.10. The van der Waals surface area contributed by atoms with Gasteiger partial charge in [-0.25, -0.2) is 0 Å². The van der Waals surface area contributed by atoms with Gasteiger partial charge in [0, 0.05) is 10.1 Å². The van der Waals surface area contributed by atoms with E-state index in [0.29, 0.717) is 10.6 Å². The predicted octanol–water partition coefficient (Wildman–Crippen LogP) is 2.63. The zero-order chi connectivity index (χ0) is 14.9. The average molecular weight is 288 g/mol. The summed E-state index contributed by atoms with van der Waals surface area (Å²) in [5.41, 5.74) is 5.81. The fourth-order valence-corrected chi connectivity index (χ4v) is 2.82. The van der Waals surface area contributed by atoms with Crippen molar-refractivity contribution in [3.05, 3.63) is 23.1 Å². The number of carbonyl (C=O) groups is 1. The fraction of sp³-hybridized carbons (Fsp3) is 0.267. The first-order chi connectivity index (χ1) is 9.38. The Morgan fingerprint density at radius 2 is 2.20 bits per heavy atom. The van der Waals surface area contributed by atoms with Crippen LogP contribution < -0.4 is 15.8 Å². The highest BCUT2D eigenvalue weighted by atomic mass is 32.1. The molecule has 20 heavy (non-hydrogen) atoms. The van der Waals surface area contributed by atoms with Gasteiger partial charge in [0.05, 0.1) is 18.3 Å². The van der Waals surface area contributed by atoms with Gasteiger partial charge in [0.1, 0.15) is 10.6 Å². The van der Waals surface area contributed by atoms with Crippen molar-refractivity contribution in [1.82, 2.24) is 5.32 Å². The monoisotopic (exact) mass is 288 g/mol. The van der Waals surface area contributed by atoms with Gasteiger partial charge >= 0.3 is 0 Å². The minimum Gasteiger partial charge on any atom is -0.497 e. The summed E-state index contributed by atoms with van der Waals surface area (Å²) in [6.07, 6.45) is 5.37. The lowest BCUT2D eigenvalue weighted by Gasteiger charge is -2.19. The molecule has 0 atom stereocenters. The third kappa shape index (κ3) is 2.56. The fourth-order valence-electron chi connectivity index (χ4n) is 1.77. The molecule has 0 aliphatic rings. The van der Waals surface area contributed by atoms with Gasteiger partial charge in [-0.2, -0.15) is 0 Å². The summed E-state index contributed by atoms with van der Waals surface area (Å²) in [6.45, 7) is 3.52. The van der Waals surface area contributed by atoms with Crippen LogP contribution in [0.15, 0.2) is 18.2 Å². The molecule has 0 radical (unpaired) electrons. The average Bonchev–Trinajstić information content (AvgIpc) is 2.75. The van der Waals surface area contributed by atoms with E-state index < -0.39 is 5.54 Å². The minimum absolute atomic E-state index is 0.259. The quantitative estimate of drug-likeness (QED) is 0.853. The second-order valence-electron chi connectivity index (χ2n) is 4.93. The Morgan fingerprint density at radius 1 is 1.50 bits per heavy atom. The van der Waals surface area contributed by atoms with Crippen LogP contribution >= 0.6 is 11.3 Å². The van der Waals surface area contributed by atoms with Gasteiger partial charge in [-0.05, 0) is 32.0 Å². The number of nitrogen functional groups attached to an aromatic ring is 1. The largest absolute Gasteiger partial charge is 0.497 e. The lowest BCUT2D eigenvalue weighted by Crippen LogP contribution is -2.41.